The summed E-state index contributed by atoms with van der Waals surface area (Å²) in [6.07, 6.45) is -3.36. The first kappa shape index (κ1) is 19.0. The molecule has 0 bridgehead atoms. The Morgan fingerprint density at radius 3 is 2.46 bits per heavy atom. The van der Waals surface area contributed by atoms with Crippen molar-refractivity contribution in [3.63, 3.8) is 0 Å². The Labute approximate surface area is 146 Å². The van der Waals surface area contributed by atoms with Gasteiger partial charge in [0.05, 0.1) is 30.9 Å². The van der Waals surface area contributed by atoms with Gasteiger partial charge in [0.2, 0.25) is 0 Å². The molecule has 0 saturated carbocycles. The quantitative estimate of drug-likeness (QED) is 0.471. The molecule has 2 aromatic carbocycles. The molecule has 1 N–H and O–H groups in total. The van der Waals surface area contributed by atoms with Gasteiger partial charge >= 0.3 is 6.18 Å². The van der Waals surface area contributed by atoms with E-state index in [-0.39, 0.29) is 5.69 Å². The molecule has 0 heterocycles. The molecule has 0 saturated heterocycles. The summed E-state index contributed by atoms with van der Waals surface area (Å²) in [4.78, 5) is 10.1. The zero-order valence-corrected chi connectivity index (χ0v) is 13.7. The first-order chi connectivity index (χ1) is 12.3. The van der Waals surface area contributed by atoms with Crippen molar-refractivity contribution < 1.29 is 27.6 Å². The number of rotatable bonds is 6. The van der Waals surface area contributed by atoms with Crippen molar-refractivity contribution >= 4 is 17.6 Å². The van der Waals surface area contributed by atoms with E-state index in [2.05, 4.69) is 10.5 Å². The number of anilines is 1. The van der Waals surface area contributed by atoms with Gasteiger partial charge in [0.25, 0.3) is 5.69 Å². The maximum atomic E-state index is 12.7. The number of hydrogen-bond donors (Lipinski definition) is 1. The Hall–Kier alpha value is -3.30. The number of halogens is 3. The molecule has 10 heteroatoms. The van der Waals surface area contributed by atoms with Gasteiger partial charge in [-0.1, -0.05) is 0 Å². The van der Waals surface area contributed by atoms with Crippen LogP contribution in [-0.2, 0) is 6.18 Å². The largest absolute Gasteiger partial charge is 0.497 e. The fraction of sp³-hybridized carbons (Fsp3) is 0.188. The molecule has 0 fully saturated rings. The van der Waals surface area contributed by atoms with E-state index in [4.69, 9.17) is 9.47 Å². The second-order valence-electron chi connectivity index (χ2n) is 4.96. The number of nitro benzene ring substituents is 1. The SMILES string of the molecule is COc1ccc(/C=N\Nc2ccc(C(F)(F)F)cc2[N+](=O)[O-])c(OC)c1. The summed E-state index contributed by atoms with van der Waals surface area (Å²) in [6, 6.07) is 7.05. The van der Waals surface area contributed by atoms with Crippen LogP contribution in [0, 0.1) is 10.1 Å². The van der Waals surface area contributed by atoms with Crippen LogP contribution in [0.3, 0.4) is 0 Å². The first-order valence-electron chi connectivity index (χ1n) is 7.13. The molecule has 26 heavy (non-hydrogen) atoms. The van der Waals surface area contributed by atoms with Crippen molar-refractivity contribution in [2.75, 3.05) is 19.6 Å². The van der Waals surface area contributed by atoms with Gasteiger partial charge < -0.3 is 9.47 Å². The number of hydrazone groups is 1. The highest BCUT2D eigenvalue weighted by Gasteiger charge is 2.33. The van der Waals surface area contributed by atoms with E-state index < -0.39 is 22.4 Å². The molecule has 0 atom stereocenters. The molecule has 0 aliphatic carbocycles. The lowest BCUT2D eigenvalue weighted by molar-refractivity contribution is -0.384. The summed E-state index contributed by atoms with van der Waals surface area (Å²) >= 11 is 0. The Balaban J connectivity index is 2.26. The molecule has 0 aliphatic heterocycles. The molecule has 7 nitrogen and oxygen atoms in total. The molecule has 0 aromatic heterocycles. The maximum Gasteiger partial charge on any atom is 0.416 e. The summed E-state index contributed by atoms with van der Waals surface area (Å²) < 4.78 is 48.3. The van der Waals surface area contributed by atoms with Crippen molar-refractivity contribution in [2.45, 2.75) is 6.18 Å². The zero-order valence-electron chi connectivity index (χ0n) is 13.7. The summed E-state index contributed by atoms with van der Waals surface area (Å²) in [6.45, 7) is 0. The first-order valence-corrected chi connectivity index (χ1v) is 7.13. The highest BCUT2D eigenvalue weighted by Crippen LogP contribution is 2.35. The van der Waals surface area contributed by atoms with Crippen LogP contribution in [0.1, 0.15) is 11.1 Å². The number of hydrogen-bond acceptors (Lipinski definition) is 6. The van der Waals surface area contributed by atoms with Gasteiger partial charge in [-0.05, 0) is 24.3 Å². The van der Waals surface area contributed by atoms with E-state index in [9.17, 15) is 23.3 Å². The minimum Gasteiger partial charge on any atom is -0.497 e. The molecule has 138 valence electrons. The highest BCUT2D eigenvalue weighted by atomic mass is 19.4. The standard InChI is InChI=1S/C16H14F3N3O4/c1-25-12-5-3-10(15(8-12)26-2)9-20-21-13-6-4-11(16(17,18)19)7-14(13)22(23)24/h3-9,21H,1-2H3/b20-9-. The molecule has 0 aliphatic rings. The van der Waals surface area contributed by atoms with E-state index in [0.29, 0.717) is 23.1 Å². The number of nitrogens with zero attached hydrogens (tertiary/aromatic N) is 2. The fourth-order valence-electron chi connectivity index (χ4n) is 2.05. The summed E-state index contributed by atoms with van der Waals surface area (Å²) in [5, 5.41) is 14.8. The van der Waals surface area contributed by atoms with E-state index in [1.54, 1.807) is 18.2 Å². The van der Waals surface area contributed by atoms with Gasteiger partial charge in [0, 0.05) is 17.7 Å². The predicted molar refractivity (Wildman–Crippen MR) is 88.9 cm³/mol. The summed E-state index contributed by atoms with van der Waals surface area (Å²) in [7, 11) is 2.94. The second-order valence-corrected chi connectivity index (χ2v) is 4.96. The third kappa shape index (κ3) is 4.41. The molecule has 0 radical (unpaired) electrons. The number of nitrogens with one attached hydrogen (secondary N) is 1. The third-order valence-corrected chi connectivity index (χ3v) is 3.35. The topological polar surface area (TPSA) is 86.0 Å². The van der Waals surface area contributed by atoms with E-state index >= 15 is 0 Å². The average molecular weight is 369 g/mol. The Morgan fingerprint density at radius 1 is 1.15 bits per heavy atom. The molecule has 0 amide bonds. The van der Waals surface area contributed by atoms with Crippen molar-refractivity contribution in [1.29, 1.82) is 0 Å². The van der Waals surface area contributed by atoms with Gasteiger partial charge in [0.15, 0.2) is 0 Å². The second kappa shape index (κ2) is 7.72. The van der Waals surface area contributed by atoms with Crippen LogP contribution in [0.5, 0.6) is 11.5 Å². The Bertz CT molecular complexity index is 838. The lowest BCUT2D eigenvalue weighted by Gasteiger charge is -2.09. The minimum absolute atomic E-state index is 0.174. The van der Waals surface area contributed by atoms with E-state index in [1.807, 2.05) is 0 Å². The zero-order chi connectivity index (χ0) is 19.3. The van der Waals surface area contributed by atoms with Crippen molar-refractivity contribution in [1.82, 2.24) is 0 Å². The van der Waals surface area contributed by atoms with E-state index in [0.717, 1.165) is 12.1 Å². The van der Waals surface area contributed by atoms with Gasteiger partial charge in [-0.3, -0.25) is 15.5 Å². The number of benzene rings is 2. The summed E-state index contributed by atoms with van der Waals surface area (Å²) in [5.74, 6) is 1.00. The van der Waals surface area contributed by atoms with Gasteiger partial charge in [-0.25, -0.2) is 0 Å². The Morgan fingerprint density at radius 2 is 1.88 bits per heavy atom. The minimum atomic E-state index is -4.68. The van der Waals surface area contributed by atoms with Gasteiger partial charge in [-0.15, -0.1) is 0 Å². The predicted octanol–water partition coefficient (Wildman–Crippen LogP) is 4.08. The van der Waals surface area contributed by atoms with Crippen LogP contribution >= 0.6 is 0 Å². The third-order valence-electron chi connectivity index (χ3n) is 3.35. The number of ether oxygens (including phenoxy) is 2. The molecule has 0 spiro atoms. The van der Waals surface area contributed by atoms with Crippen molar-refractivity contribution in [3.05, 3.63) is 57.6 Å². The maximum absolute atomic E-state index is 12.7. The molecular formula is C16H14F3N3O4. The number of nitro groups is 1. The summed E-state index contributed by atoms with van der Waals surface area (Å²) in [5.41, 5.74) is 0.886. The van der Waals surface area contributed by atoms with Crippen LogP contribution in [0.2, 0.25) is 0 Å². The van der Waals surface area contributed by atoms with E-state index in [1.165, 1.54) is 20.4 Å². The van der Waals surface area contributed by atoms with Crippen molar-refractivity contribution in [3.8, 4) is 11.5 Å². The fourth-order valence-corrected chi connectivity index (χ4v) is 2.05. The molecular weight excluding hydrogens is 355 g/mol. The molecule has 0 unspecified atom stereocenters. The molecule has 2 rings (SSSR count). The van der Waals surface area contributed by atoms with Crippen LogP contribution < -0.4 is 14.9 Å². The smallest absolute Gasteiger partial charge is 0.416 e. The number of methoxy groups -OCH3 is 2. The normalized spacial score (nSPS) is 11.4. The average Bonchev–Trinajstić information content (AvgIpc) is 2.61. The van der Waals surface area contributed by atoms with Gasteiger partial charge in [-0.2, -0.15) is 18.3 Å². The number of alkyl halides is 3. The van der Waals surface area contributed by atoms with Crippen molar-refractivity contribution in [2.24, 2.45) is 5.10 Å². The lowest BCUT2D eigenvalue weighted by Crippen LogP contribution is -2.06. The lowest BCUT2D eigenvalue weighted by atomic mass is 10.1. The Kier molecular flexibility index (Phi) is 5.65. The highest BCUT2D eigenvalue weighted by molar-refractivity contribution is 5.84. The van der Waals surface area contributed by atoms with Crippen LogP contribution in [0.25, 0.3) is 0 Å². The van der Waals surface area contributed by atoms with Gasteiger partial charge in [0.1, 0.15) is 17.2 Å². The molecule has 2 aromatic rings. The van der Waals surface area contributed by atoms with Crippen LogP contribution in [0.4, 0.5) is 24.5 Å². The monoisotopic (exact) mass is 369 g/mol. The van der Waals surface area contributed by atoms with Crippen LogP contribution in [-0.4, -0.2) is 25.4 Å². The van der Waals surface area contributed by atoms with Crippen LogP contribution in [0.15, 0.2) is 41.5 Å².